The average Bonchev–Trinajstić information content (AvgIpc) is 3.16. The van der Waals surface area contributed by atoms with Gasteiger partial charge in [0.05, 0.1) is 19.9 Å². The van der Waals surface area contributed by atoms with Crippen LogP contribution in [0.5, 0.6) is 5.75 Å². The van der Waals surface area contributed by atoms with Crippen LogP contribution in [-0.2, 0) is 11.3 Å². The Morgan fingerprint density at radius 1 is 1.19 bits per heavy atom. The number of likely N-dealkylation sites (N-methyl/N-ethyl adjacent to an activating group) is 1. The summed E-state index contributed by atoms with van der Waals surface area (Å²) in [4.78, 5) is 17.8. The number of aromatic nitrogens is 1. The van der Waals surface area contributed by atoms with E-state index in [9.17, 15) is 4.79 Å². The van der Waals surface area contributed by atoms with Crippen molar-refractivity contribution in [2.75, 3.05) is 25.5 Å². The van der Waals surface area contributed by atoms with Crippen LogP contribution >= 0.6 is 0 Å². The van der Waals surface area contributed by atoms with Crippen molar-refractivity contribution in [2.45, 2.75) is 13.5 Å². The monoisotopic (exact) mass is 366 g/mol. The maximum atomic E-state index is 12.4. The Bertz CT molecular complexity index is 877. The third kappa shape index (κ3) is 5.18. The first-order valence-electron chi connectivity index (χ1n) is 8.95. The molecular weight excluding hydrogens is 342 g/mol. The summed E-state index contributed by atoms with van der Waals surface area (Å²) in [5.74, 6) is 2.01. The number of oxazole rings is 1. The number of nitrogens with one attached hydrogen (secondary N) is 2. The molecule has 0 saturated heterocycles. The molecule has 6 nitrogen and oxygen atoms in total. The summed E-state index contributed by atoms with van der Waals surface area (Å²) in [7, 11) is 1.60. The number of nitrogens with zero attached hydrogens (tertiary/aromatic N) is 1. The quantitative estimate of drug-likeness (QED) is 0.642. The summed E-state index contributed by atoms with van der Waals surface area (Å²) >= 11 is 0. The number of hydrogen-bond acceptors (Lipinski definition) is 4. The molecule has 0 aliphatic heterocycles. The smallest absolute Gasteiger partial charge is 0.279 e. The summed E-state index contributed by atoms with van der Waals surface area (Å²) in [5, 5.41) is 2.91. The highest BCUT2D eigenvalue weighted by Crippen LogP contribution is 2.19. The molecule has 0 bridgehead atoms. The van der Waals surface area contributed by atoms with E-state index >= 15 is 0 Å². The van der Waals surface area contributed by atoms with Crippen molar-refractivity contribution < 1.29 is 18.8 Å². The molecule has 2 aromatic carbocycles. The summed E-state index contributed by atoms with van der Waals surface area (Å²) in [5.41, 5.74) is 1.71. The van der Waals surface area contributed by atoms with Crippen LogP contribution in [0.3, 0.4) is 0 Å². The van der Waals surface area contributed by atoms with Gasteiger partial charge in [0.2, 0.25) is 0 Å². The predicted molar refractivity (Wildman–Crippen MR) is 104 cm³/mol. The lowest BCUT2D eigenvalue weighted by molar-refractivity contribution is -0.905. The van der Waals surface area contributed by atoms with Crippen molar-refractivity contribution in [1.29, 1.82) is 0 Å². The summed E-state index contributed by atoms with van der Waals surface area (Å²) in [6, 6.07) is 17.2. The molecule has 1 heterocycles. The van der Waals surface area contributed by atoms with E-state index in [1.807, 2.05) is 55.5 Å². The van der Waals surface area contributed by atoms with Crippen LogP contribution < -0.4 is 15.0 Å². The molecule has 27 heavy (non-hydrogen) atoms. The fourth-order valence-corrected chi connectivity index (χ4v) is 2.79. The van der Waals surface area contributed by atoms with Gasteiger partial charge in [-0.25, -0.2) is 4.98 Å². The van der Waals surface area contributed by atoms with E-state index in [0.29, 0.717) is 24.7 Å². The van der Waals surface area contributed by atoms with Gasteiger partial charge in [-0.3, -0.25) is 4.79 Å². The third-order valence-electron chi connectivity index (χ3n) is 4.28. The van der Waals surface area contributed by atoms with E-state index in [1.165, 1.54) is 0 Å². The van der Waals surface area contributed by atoms with E-state index in [2.05, 4.69) is 10.3 Å². The van der Waals surface area contributed by atoms with E-state index < -0.39 is 0 Å². The SMILES string of the molecule is CC[NH+](CC(=O)Nc1cccc(OC)c1)Cc1ncc(-c2ccccc2)o1. The second kappa shape index (κ2) is 9.00. The number of hydrogen-bond donors (Lipinski definition) is 2. The van der Waals surface area contributed by atoms with Gasteiger partial charge in [0.15, 0.2) is 18.8 Å². The minimum absolute atomic E-state index is 0.0602. The fraction of sp³-hybridized carbons (Fsp3) is 0.238. The molecule has 0 saturated carbocycles. The van der Waals surface area contributed by atoms with E-state index in [4.69, 9.17) is 9.15 Å². The Balaban J connectivity index is 1.59. The normalized spacial score (nSPS) is 11.8. The van der Waals surface area contributed by atoms with Crippen LogP contribution in [0.15, 0.2) is 65.2 Å². The number of carbonyl (C=O) groups excluding carboxylic acids is 1. The van der Waals surface area contributed by atoms with Crippen molar-refractivity contribution in [3.05, 3.63) is 66.7 Å². The number of benzene rings is 2. The van der Waals surface area contributed by atoms with Crippen molar-refractivity contribution in [3.63, 3.8) is 0 Å². The highest BCUT2D eigenvalue weighted by Gasteiger charge is 2.17. The first-order chi connectivity index (χ1) is 13.2. The molecule has 0 aliphatic rings. The van der Waals surface area contributed by atoms with Gasteiger partial charge in [-0.05, 0) is 19.1 Å². The molecule has 0 aliphatic carbocycles. The fourth-order valence-electron chi connectivity index (χ4n) is 2.79. The zero-order valence-corrected chi connectivity index (χ0v) is 15.6. The zero-order chi connectivity index (χ0) is 19.1. The molecule has 0 spiro atoms. The van der Waals surface area contributed by atoms with Gasteiger partial charge in [-0.15, -0.1) is 0 Å². The number of anilines is 1. The van der Waals surface area contributed by atoms with Gasteiger partial charge in [-0.2, -0.15) is 0 Å². The molecule has 1 unspecified atom stereocenters. The van der Waals surface area contributed by atoms with Crippen LogP contribution in [0.2, 0.25) is 0 Å². The van der Waals surface area contributed by atoms with Gasteiger partial charge in [0, 0.05) is 17.3 Å². The first kappa shape index (κ1) is 18.7. The Labute approximate surface area is 158 Å². The molecule has 2 N–H and O–H groups in total. The van der Waals surface area contributed by atoms with E-state index in [-0.39, 0.29) is 5.91 Å². The molecule has 1 atom stereocenters. The van der Waals surface area contributed by atoms with Crippen molar-refractivity contribution in [3.8, 4) is 17.1 Å². The van der Waals surface area contributed by atoms with Crippen LogP contribution in [0.1, 0.15) is 12.8 Å². The Hall–Kier alpha value is -3.12. The number of methoxy groups -OCH3 is 1. The molecule has 0 fully saturated rings. The second-order valence-corrected chi connectivity index (χ2v) is 6.22. The Morgan fingerprint density at radius 3 is 2.74 bits per heavy atom. The molecule has 3 aromatic rings. The van der Waals surface area contributed by atoms with Gasteiger partial charge in [0.25, 0.3) is 11.8 Å². The number of amides is 1. The van der Waals surface area contributed by atoms with Crippen LogP contribution in [0.25, 0.3) is 11.3 Å². The number of rotatable bonds is 8. The second-order valence-electron chi connectivity index (χ2n) is 6.22. The largest absolute Gasteiger partial charge is 0.497 e. The van der Waals surface area contributed by atoms with Gasteiger partial charge in [-0.1, -0.05) is 36.4 Å². The molecule has 140 valence electrons. The molecule has 1 aromatic heterocycles. The highest BCUT2D eigenvalue weighted by atomic mass is 16.5. The zero-order valence-electron chi connectivity index (χ0n) is 15.6. The van der Waals surface area contributed by atoms with E-state index in [1.54, 1.807) is 19.4 Å². The minimum Gasteiger partial charge on any atom is -0.497 e. The Kier molecular flexibility index (Phi) is 6.22. The van der Waals surface area contributed by atoms with Crippen LogP contribution in [0, 0.1) is 0 Å². The van der Waals surface area contributed by atoms with Crippen molar-refractivity contribution >= 4 is 11.6 Å². The Morgan fingerprint density at radius 2 is 2.00 bits per heavy atom. The lowest BCUT2D eigenvalue weighted by Crippen LogP contribution is -3.11. The number of quaternary nitrogens is 1. The highest BCUT2D eigenvalue weighted by molar-refractivity contribution is 5.91. The lowest BCUT2D eigenvalue weighted by atomic mass is 10.2. The summed E-state index contributed by atoms with van der Waals surface area (Å²) < 4.78 is 11.0. The molecule has 3 rings (SSSR count). The predicted octanol–water partition coefficient (Wildman–Crippen LogP) is 2.39. The standard InChI is InChI=1S/C21H23N3O3/c1-3-24(14-20(25)23-17-10-7-11-18(12-17)26-2)15-21-22-13-19(27-21)16-8-5-4-6-9-16/h4-13H,3,14-15H2,1-2H3,(H,23,25)/p+1. The topological polar surface area (TPSA) is 68.8 Å². The molecule has 0 radical (unpaired) electrons. The van der Waals surface area contributed by atoms with Crippen LogP contribution in [-0.4, -0.2) is 31.1 Å². The van der Waals surface area contributed by atoms with Crippen molar-refractivity contribution in [2.24, 2.45) is 0 Å². The first-order valence-corrected chi connectivity index (χ1v) is 8.95. The minimum atomic E-state index is -0.0602. The maximum absolute atomic E-state index is 12.4. The third-order valence-corrected chi connectivity index (χ3v) is 4.28. The maximum Gasteiger partial charge on any atom is 0.279 e. The average molecular weight is 366 g/mol. The summed E-state index contributed by atoms with van der Waals surface area (Å²) in [6.07, 6.45) is 1.73. The summed E-state index contributed by atoms with van der Waals surface area (Å²) in [6.45, 7) is 3.70. The van der Waals surface area contributed by atoms with E-state index in [0.717, 1.165) is 28.5 Å². The van der Waals surface area contributed by atoms with Gasteiger partial charge >= 0.3 is 0 Å². The number of carbonyl (C=O) groups is 1. The van der Waals surface area contributed by atoms with Crippen LogP contribution in [0.4, 0.5) is 5.69 Å². The van der Waals surface area contributed by atoms with Gasteiger partial charge < -0.3 is 19.4 Å². The lowest BCUT2D eigenvalue weighted by Gasteiger charge is -2.15. The van der Waals surface area contributed by atoms with Crippen molar-refractivity contribution in [1.82, 2.24) is 4.98 Å². The molecular formula is C21H24N3O3+. The molecule has 6 heteroatoms. The van der Waals surface area contributed by atoms with Gasteiger partial charge in [0.1, 0.15) is 5.75 Å². The number of ether oxygens (including phenoxy) is 1. The molecule has 1 amide bonds.